The lowest BCUT2D eigenvalue weighted by Gasteiger charge is -2.26. The minimum Gasteiger partial charge on any atom is -0.485 e. The van der Waals surface area contributed by atoms with E-state index in [0.717, 1.165) is 18.0 Å². The molecule has 0 spiro atoms. The van der Waals surface area contributed by atoms with E-state index in [1.54, 1.807) is 6.20 Å². The van der Waals surface area contributed by atoms with Crippen molar-refractivity contribution in [1.82, 2.24) is 10.3 Å². The van der Waals surface area contributed by atoms with Gasteiger partial charge < -0.3 is 14.8 Å². The summed E-state index contributed by atoms with van der Waals surface area (Å²) < 4.78 is 10.8. The predicted octanol–water partition coefficient (Wildman–Crippen LogP) is 1.36. The van der Waals surface area contributed by atoms with Gasteiger partial charge in [0.2, 0.25) is 0 Å². The fourth-order valence-corrected chi connectivity index (χ4v) is 1.41. The van der Waals surface area contributed by atoms with E-state index >= 15 is 0 Å². The second kappa shape index (κ2) is 5.27. The van der Waals surface area contributed by atoms with Crippen LogP contribution in [0.3, 0.4) is 0 Å². The van der Waals surface area contributed by atoms with E-state index < -0.39 is 0 Å². The Labute approximate surface area is 96.0 Å². The third-order valence-corrected chi connectivity index (χ3v) is 2.39. The van der Waals surface area contributed by atoms with Crippen LogP contribution in [0, 0.1) is 0 Å². The van der Waals surface area contributed by atoms with Gasteiger partial charge >= 0.3 is 0 Å². The zero-order valence-corrected chi connectivity index (χ0v) is 9.77. The first kappa shape index (κ1) is 11.4. The molecule has 2 heterocycles. The zero-order valence-electron chi connectivity index (χ0n) is 9.77. The molecule has 4 heteroatoms. The Kier molecular flexibility index (Phi) is 3.74. The van der Waals surface area contributed by atoms with Crippen LogP contribution in [-0.4, -0.2) is 30.3 Å². The van der Waals surface area contributed by atoms with Crippen molar-refractivity contribution < 1.29 is 9.47 Å². The Bertz CT molecular complexity index is 338. The van der Waals surface area contributed by atoms with Crippen molar-refractivity contribution in [3.05, 3.63) is 24.0 Å². The average molecular weight is 222 g/mol. The number of nitrogens with one attached hydrogen (secondary N) is 1. The molecule has 1 aliphatic heterocycles. The summed E-state index contributed by atoms with van der Waals surface area (Å²) in [6.07, 6.45) is 2.00. The summed E-state index contributed by atoms with van der Waals surface area (Å²) in [5.74, 6) is 0.879. The van der Waals surface area contributed by atoms with Crippen LogP contribution in [0.1, 0.15) is 19.5 Å². The Morgan fingerprint density at radius 2 is 2.38 bits per heavy atom. The molecule has 0 amide bonds. The molecule has 1 fully saturated rings. The second-order valence-corrected chi connectivity index (χ2v) is 4.30. The fraction of sp³-hybridized carbons (Fsp3) is 0.583. The SMILES string of the molecule is CC(C)NCc1cc(OC2COC2)ccn1. The third kappa shape index (κ3) is 3.18. The topological polar surface area (TPSA) is 43.4 Å². The molecular weight excluding hydrogens is 204 g/mol. The highest BCUT2D eigenvalue weighted by molar-refractivity contribution is 5.23. The number of ether oxygens (including phenoxy) is 2. The number of hydrogen-bond acceptors (Lipinski definition) is 4. The minimum atomic E-state index is 0.216. The van der Waals surface area contributed by atoms with E-state index in [9.17, 15) is 0 Å². The first-order valence-electron chi connectivity index (χ1n) is 5.67. The summed E-state index contributed by atoms with van der Waals surface area (Å²) in [5.41, 5.74) is 1.01. The Morgan fingerprint density at radius 1 is 1.56 bits per heavy atom. The highest BCUT2D eigenvalue weighted by Gasteiger charge is 2.19. The number of pyridine rings is 1. The van der Waals surface area contributed by atoms with Gasteiger partial charge in [0.1, 0.15) is 11.9 Å². The van der Waals surface area contributed by atoms with Crippen molar-refractivity contribution in [2.45, 2.75) is 32.5 Å². The lowest BCUT2D eigenvalue weighted by Crippen LogP contribution is -2.38. The van der Waals surface area contributed by atoms with Gasteiger partial charge in [-0.15, -0.1) is 0 Å². The summed E-state index contributed by atoms with van der Waals surface area (Å²) in [7, 11) is 0. The first-order chi connectivity index (χ1) is 7.74. The molecule has 0 unspecified atom stereocenters. The molecule has 4 nitrogen and oxygen atoms in total. The van der Waals surface area contributed by atoms with Gasteiger partial charge in [-0.2, -0.15) is 0 Å². The van der Waals surface area contributed by atoms with Gasteiger partial charge in [0.15, 0.2) is 0 Å². The zero-order chi connectivity index (χ0) is 11.4. The van der Waals surface area contributed by atoms with Crippen molar-refractivity contribution in [1.29, 1.82) is 0 Å². The summed E-state index contributed by atoms with van der Waals surface area (Å²) >= 11 is 0. The van der Waals surface area contributed by atoms with Crippen molar-refractivity contribution in [3.63, 3.8) is 0 Å². The Hall–Kier alpha value is -1.13. The normalized spacial score (nSPS) is 16.2. The third-order valence-electron chi connectivity index (χ3n) is 2.39. The summed E-state index contributed by atoms with van der Waals surface area (Å²) in [4.78, 5) is 4.29. The molecule has 1 aromatic heterocycles. The molecular formula is C12H18N2O2. The highest BCUT2D eigenvalue weighted by Crippen LogP contribution is 2.16. The van der Waals surface area contributed by atoms with Crippen LogP contribution >= 0.6 is 0 Å². The predicted molar refractivity (Wildman–Crippen MR) is 61.4 cm³/mol. The maximum absolute atomic E-state index is 5.70. The summed E-state index contributed by atoms with van der Waals surface area (Å²) in [5, 5.41) is 3.33. The fourth-order valence-electron chi connectivity index (χ4n) is 1.41. The average Bonchev–Trinajstić information content (AvgIpc) is 2.21. The highest BCUT2D eigenvalue weighted by atomic mass is 16.6. The van der Waals surface area contributed by atoms with E-state index in [-0.39, 0.29) is 6.10 Å². The van der Waals surface area contributed by atoms with Crippen LogP contribution in [0.5, 0.6) is 5.75 Å². The van der Waals surface area contributed by atoms with E-state index in [4.69, 9.17) is 9.47 Å². The largest absolute Gasteiger partial charge is 0.485 e. The molecule has 2 rings (SSSR count). The molecule has 1 aliphatic rings. The summed E-state index contributed by atoms with van der Waals surface area (Å²) in [6, 6.07) is 4.33. The smallest absolute Gasteiger partial charge is 0.145 e. The minimum absolute atomic E-state index is 0.216. The van der Waals surface area contributed by atoms with E-state index in [0.29, 0.717) is 19.3 Å². The Morgan fingerprint density at radius 3 is 3.00 bits per heavy atom. The van der Waals surface area contributed by atoms with Crippen LogP contribution in [-0.2, 0) is 11.3 Å². The van der Waals surface area contributed by atoms with E-state index in [1.807, 2.05) is 12.1 Å². The lowest BCUT2D eigenvalue weighted by molar-refractivity contribution is -0.0797. The van der Waals surface area contributed by atoms with E-state index in [1.165, 1.54) is 0 Å². The lowest BCUT2D eigenvalue weighted by atomic mass is 10.3. The number of nitrogens with zero attached hydrogens (tertiary/aromatic N) is 1. The van der Waals surface area contributed by atoms with Crippen molar-refractivity contribution in [2.75, 3.05) is 13.2 Å². The molecule has 0 atom stereocenters. The van der Waals surface area contributed by atoms with Gasteiger partial charge in [-0.1, -0.05) is 13.8 Å². The van der Waals surface area contributed by atoms with Crippen molar-refractivity contribution >= 4 is 0 Å². The molecule has 0 bridgehead atoms. The molecule has 0 radical (unpaired) electrons. The van der Waals surface area contributed by atoms with Gasteiger partial charge in [0.05, 0.1) is 18.9 Å². The molecule has 0 saturated carbocycles. The maximum atomic E-state index is 5.70. The van der Waals surface area contributed by atoms with Crippen molar-refractivity contribution in [2.24, 2.45) is 0 Å². The second-order valence-electron chi connectivity index (χ2n) is 4.30. The van der Waals surface area contributed by atoms with Gasteiger partial charge in [-0.05, 0) is 6.07 Å². The van der Waals surface area contributed by atoms with Gasteiger partial charge in [0, 0.05) is 24.8 Å². The summed E-state index contributed by atoms with van der Waals surface area (Å²) in [6.45, 7) is 6.40. The molecule has 88 valence electrons. The van der Waals surface area contributed by atoms with Gasteiger partial charge in [0.25, 0.3) is 0 Å². The quantitative estimate of drug-likeness (QED) is 0.817. The van der Waals surface area contributed by atoms with Crippen LogP contribution in [0.15, 0.2) is 18.3 Å². The first-order valence-corrected chi connectivity index (χ1v) is 5.67. The van der Waals surface area contributed by atoms with Gasteiger partial charge in [-0.25, -0.2) is 0 Å². The van der Waals surface area contributed by atoms with Crippen molar-refractivity contribution in [3.8, 4) is 5.75 Å². The standard InChI is InChI=1S/C12H18N2O2/c1-9(2)14-6-10-5-11(3-4-13-10)16-12-7-15-8-12/h3-5,9,12,14H,6-8H2,1-2H3. The number of rotatable bonds is 5. The molecule has 16 heavy (non-hydrogen) atoms. The molecule has 0 aromatic carbocycles. The van der Waals surface area contributed by atoms with Crippen LogP contribution < -0.4 is 10.1 Å². The van der Waals surface area contributed by atoms with Gasteiger partial charge in [-0.3, -0.25) is 4.98 Å². The number of aromatic nitrogens is 1. The Balaban J connectivity index is 1.90. The van der Waals surface area contributed by atoms with E-state index in [2.05, 4.69) is 24.1 Å². The van der Waals surface area contributed by atoms with Crippen LogP contribution in [0.2, 0.25) is 0 Å². The van der Waals surface area contributed by atoms with Crippen LogP contribution in [0.25, 0.3) is 0 Å². The molecule has 1 aromatic rings. The maximum Gasteiger partial charge on any atom is 0.145 e. The van der Waals surface area contributed by atoms with Crippen LogP contribution in [0.4, 0.5) is 0 Å². The molecule has 1 N–H and O–H groups in total. The molecule has 1 saturated heterocycles. The number of hydrogen-bond donors (Lipinski definition) is 1. The monoisotopic (exact) mass is 222 g/mol. The molecule has 0 aliphatic carbocycles.